The lowest BCUT2D eigenvalue weighted by Crippen LogP contribution is -2.56. The molecular formula is C27H40FN5O5. The highest BCUT2D eigenvalue weighted by molar-refractivity contribution is 5.91. The van der Waals surface area contributed by atoms with Crippen molar-refractivity contribution in [2.75, 3.05) is 40.5 Å². The maximum absolute atomic E-state index is 14.2. The zero-order valence-electron chi connectivity index (χ0n) is 23.0. The van der Waals surface area contributed by atoms with Crippen molar-refractivity contribution in [3.63, 3.8) is 0 Å². The quantitative estimate of drug-likeness (QED) is 0.376. The number of nitrogens with zero attached hydrogens (tertiary/aromatic N) is 3. The van der Waals surface area contributed by atoms with Gasteiger partial charge in [-0.1, -0.05) is 45.0 Å². The van der Waals surface area contributed by atoms with E-state index >= 15 is 0 Å². The average molecular weight is 534 g/mol. The van der Waals surface area contributed by atoms with Gasteiger partial charge < -0.3 is 30.1 Å². The number of likely N-dealkylation sites (N-methyl/N-ethyl adjacent to an activating group) is 1. The van der Waals surface area contributed by atoms with E-state index in [1.165, 1.54) is 9.58 Å². The molecule has 4 atom stereocenters. The molecule has 210 valence electrons. The van der Waals surface area contributed by atoms with Crippen LogP contribution < -0.4 is 10.6 Å². The van der Waals surface area contributed by atoms with Crippen molar-refractivity contribution >= 4 is 11.8 Å². The molecular weight excluding hydrogens is 493 g/mol. The molecule has 1 aromatic carbocycles. The topological polar surface area (TPSA) is 118 Å². The maximum atomic E-state index is 14.2. The predicted molar refractivity (Wildman–Crippen MR) is 141 cm³/mol. The molecule has 0 bridgehead atoms. The SMILES string of the molecule is CNC(C(=O)N1C[C@H](O)C[C@H]1C(=O)N[C@@H](COCCOC)c1ccc(-c2c(F)cnn2C)cc1)C(C)(C)C. The third-order valence-corrected chi connectivity index (χ3v) is 6.78. The van der Waals surface area contributed by atoms with Crippen molar-refractivity contribution in [2.24, 2.45) is 12.5 Å². The number of benzene rings is 1. The van der Waals surface area contributed by atoms with Gasteiger partial charge in [0.1, 0.15) is 11.7 Å². The molecule has 10 nitrogen and oxygen atoms in total. The number of rotatable bonds is 11. The number of nitrogens with one attached hydrogen (secondary N) is 2. The maximum Gasteiger partial charge on any atom is 0.243 e. The Morgan fingerprint density at radius 1 is 1.24 bits per heavy atom. The molecule has 1 aliphatic heterocycles. The smallest absolute Gasteiger partial charge is 0.243 e. The van der Waals surface area contributed by atoms with E-state index in [4.69, 9.17) is 9.47 Å². The predicted octanol–water partition coefficient (Wildman–Crippen LogP) is 1.64. The minimum Gasteiger partial charge on any atom is -0.391 e. The molecule has 0 aliphatic carbocycles. The second-order valence-electron chi connectivity index (χ2n) is 10.7. The fourth-order valence-corrected chi connectivity index (χ4v) is 4.84. The highest BCUT2D eigenvalue weighted by Gasteiger charge is 2.43. The van der Waals surface area contributed by atoms with E-state index in [0.717, 1.165) is 11.8 Å². The molecule has 0 radical (unpaired) electrons. The first-order valence-corrected chi connectivity index (χ1v) is 12.8. The van der Waals surface area contributed by atoms with Crippen LogP contribution in [0, 0.1) is 11.2 Å². The fraction of sp³-hybridized carbons (Fsp3) is 0.593. The van der Waals surface area contributed by atoms with Gasteiger partial charge in [0.25, 0.3) is 0 Å². The first-order chi connectivity index (χ1) is 18.0. The van der Waals surface area contributed by atoms with Crippen molar-refractivity contribution in [1.82, 2.24) is 25.3 Å². The van der Waals surface area contributed by atoms with Gasteiger partial charge in [-0.2, -0.15) is 5.10 Å². The van der Waals surface area contributed by atoms with Gasteiger partial charge in [-0.3, -0.25) is 14.3 Å². The van der Waals surface area contributed by atoms with Crippen LogP contribution in [0.3, 0.4) is 0 Å². The van der Waals surface area contributed by atoms with E-state index in [1.807, 2.05) is 20.8 Å². The number of carbonyl (C=O) groups excluding carboxylic acids is 2. The number of β-amino-alcohol motifs (C(OH)–C–C–N with tert-alkyl or cyclic N) is 1. The zero-order valence-corrected chi connectivity index (χ0v) is 23.0. The van der Waals surface area contributed by atoms with Crippen LogP contribution in [0.15, 0.2) is 30.5 Å². The van der Waals surface area contributed by atoms with Crippen molar-refractivity contribution in [2.45, 2.75) is 51.4 Å². The van der Waals surface area contributed by atoms with Gasteiger partial charge in [0.05, 0.1) is 44.2 Å². The molecule has 3 N–H and O–H groups in total. The van der Waals surface area contributed by atoms with Gasteiger partial charge in [-0.05, 0) is 18.0 Å². The Morgan fingerprint density at radius 2 is 1.92 bits per heavy atom. The second-order valence-corrected chi connectivity index (χ2v) is 10.7. The molecule has 2 aromatic rings. The summed E-state index contributed by atoms with van der Waals surface area (Å²) in [6.45, 7) is 6.83. The number of hydrogen-bond donors (Lipinski definition) is 3. The van der Waals surface area contributed by atoms with Crippen molar-refractivity contribution in [1.29, 1.82) is 0 Å². The first-order valence-electron chi connectivity index (χ1n) is 12.8. The highest BCUT2D eigenvalue weighted by atomic mass is 19.1. The van der Waals surface area contributed by atoms with Crippen LogP contribution in [0.25, 0.3) is 11.3 Å². The van der Waals surface area contributed by atoms with Crippen LogP contribution in [0.4, 0.5) is 4.39 Å². The minimum atomic E-state index is -0.819. The lowest BCUT2D eigenvalue weighted by atomic mass is 9.86. The standard InChI is InChI=1S/C27H40FN5O5/c1-27(2,3)24(29-4)26(36)33-15-19(34)13-22(33)25(35)31-21(16-38-12-11-37-6)17-7-9-18(10-8-17)23-20(28)14-30-32(23)5/h7-10,14,19,21-22,24,29,34H,11-13,15-16H2,1-6H3,(H,31,35)/t19-,21+,22+,24?/m1/s1. The van der Waals surface area contributed by atoms with Crippen LogP contribution >= 0.6 is 0 Å². The number of aliphatic hydroxyl groups excluding tert-OH is 1. The number of hydrogen-bond acceptors (Lipinski definition) is 7. The molecule has 1 unspecified atom stereocenters. The first kappa shape index (κ1) is 29.7. The zero-order chi connectivity index (χ0) is 28.0. The summed E-state index contributed by atoms with van der Waals surface area (Å²) in [5.74, 6) is -1.03. The molecule has 0 spiro atoms. The largest absolute Gasteiger partial charge is 0.391 e. The van der Waals surface area contributed by atoms with Crippen LogP contribution in [0.2, 0.25) is 0 Å². The van der Waals surface area contributed by atoms with Crippen molar-refractivity contribution < 1.29 is 28.6 Å². The lowest BCUT2D eigenvalue weighted by Gasteiger charge is -2.35. The number of carbonyl (C=O) groups is 2. The van der Waals surface area contributed by atoms with Crippen LogP contribution in [-0.4, -0.2) is 90.3 Å². The summed E-state index contributed by atoms with van der Waals surface area (Å²) in [5.41, 5.74) is 1.38. The molecule has 3 rings (SSSR count). The number of methoxy groups -OCH3 is 1. The number of halogens is 1. The van der Waals surface area contributed by atoms with Crippen molar-refractivity contribution in [3.8, 4) is 11.3 Å². The number of aliphatic hydroxyl groups is 1. The van der Waals surface area contributed by atoms with Gasteiger partial charge in [0.2, 0.25) is 11.8 Å². The summed E-state index contributed by atoms with van der Waals surface area (Å²) >= 11 is 0. The number of aromatic nitrogens is 2. The third kappa shape index (κ3) is 6.96. The fourth-order valence-electron chi connectivity index (χ4n) is 4.84. The van der Waals surface area contributed by atoms with E-state index in [1.54, 1.807) is 45.5 Å². The normalized spacial score (nSPS) is 19.4. The van der Waals surface area contributed by atoms with E-state index in [-0.39, 0.29) is 36.8 Å². The van der Waals surface area contributed by atoms with E-state index < -0.39 is 30.0 Å². The Hall–Kier alpha value is -2.86. The van der Waals surface area contributed by atoms with Crippen LogP contribution in [-0.2, 0) is 26.1 Å². The third-order valence-electron chi connectivity index (χ3n) is 6.78. The molecule has 1 fully saturated rings. The average Bonchev–Trinajstić information content (AvgIpc) is 3.42. The Bertz CT molecular complexity index is 1070. The molecule has 38 heavy (non-hydrogen) atoms. The molecule has 11 heteroatoms. The van der Waals surface area contributed by atoms with Gasteiger partial charge in [0.15, 0.2) is 5.82 Å². The molecule has 2 amide bonds. The minimum absolute atomic E-state index is 0.0884. The Morgan fingerprint density at radius 3 is 2.47 bits per heavy atom. The lowest BCUT2D eigenvalue weighted by molar-refractivity contribution is -0.142. The molecule has 2 heterocycles. The molecule has 1 aromatic heterocycles. The summed E-state index contributed by atoms with van der Waals surface area (Å²) < 4.78 is 26.4. The molecule has 1 aliphatic rings. The van der Waals surface area contributed by atoms with E-state index in [0.29, 0.717) is 24.5 Å². The second kappa shape index (κ2) is 12.8. The molecule has 0 saturated carbocycles. The van der Waals surface area contributed by atoms with Crippen LogP contribution in [0.5, 0.6) is 0 Å². The summed E-state index contributed by atoms with van der Waals surface area (Å²) in [7, 11) is 4.95. The molecule has 1 saturated heterocycles. The summed E-state index contributed by atoms with van der Waals surface area (Å²) in [4.78, 5) is 28.4. The van der Waals surface area contributed by atoms with E-state index in [2.05, 4.69) is 15.7 Å². The summed E-state index contributed by atoms with van der Waals surface area (Å²) in [5, 5.41) is 20.4. The summed E-state index contributed by atoms with van der Waals surface area (Å²) in [6, 6.07) is 5.25. The Balaban J connectivity index is 1.81. The van der Waals surface area contributed by atoms with Crippen molar-refractivity contribution in [3.05, 3.63) is 41.8 Å². The monoisotopic (exact) mass is 533 g/mol. The number of amides is 2. The van der Waals surface area contributed by atoms with E-state index in [9.17, 15) is 19.1 Å². The van der Waals surface area contributed by atoms with Gasteiger partial charge in [0, 0.05) is 32.7 Å². The Kier molecular flexibility index (Phi) is 10.00. The number of aryl methyl sites for hydroxylation is 1. The number of ether oxygens (including phenoxy) is 2. The van der Waals surface area contributed by atoms with Gasteiger partial charge in [-0.25, -0.2) is 4.39 Å². The van der Waals surface area contributed by atoms with Gasteiger partial charge >= 0.3 is 0 Å². The highest BCUT2D eigenvalue weighted by Crippen LogP contribution is 2.28. The summed E-state index contributed by atoms with van der Waals surface area (Å²) in [6.07, 6.45) is 0.516. The Labute approximate surface area is 223 Å². The van der Waals surface area contributed by atoms with Crippen LogP contribution in [0.1, 0.15) is 38.8 Å². The number of likely N-dealkylation sites (tertiary alicyclic amines) is 1. The van der Waals surface area contributed by atoms with Gasteiger partial charge in [-0.15, -0.1) is 0 Å².